The van der Waals surface area contributed by atoms with Crippen molar-refractivity contribution >= 4 is 11.3 Å². The minimum Gasteiger partial charge on any atom is -0.316 e. The van der Waals surface area contributed by atoms with Crippen molar-refractivity contribution in [1.82, 2.24) is 15.6 Å². The van der Waals surface area contributed by atoms with E-state index in [0.29, 0.717) is 5.41 Å². The van der Waals surface area contributed by atoms with Gasteiger partial charge in [-0.3, -0.25) is 4.98 Å². The van der Waals surface area contributed by atoms with Gasteiger partial charge in [-0.05, 0) is 37.3 Å². The predicted molar refractivity (Wildman–Crippen MR) is 73.2 cm³/mol. The number of nitrogens with zero attached hydrogens (tertiary/aromatic N) is 1. The topological polar surface area (TPSA) is 37.0 Å². The molecule has 0 spiro atoms. The highest BCUT2D eigenvalue weighted by atomic mass is 32.1. The Labute approximate surface area is 108 Å². The van der Waals surface area contributed by atoms with Crippen LogP contribution in [0.4, 0.5) is 0 Å². The van der Waals surface area contributed by atoms with Crippen LogP contribution in [-0.2, 0) is 6.54 Å². The van der Waals surface area contributed by atoms with Crippen LogP contribution < -0.4 is 10.6 Å². The summed E-state index contributed by atoms with van der Waals surface area (Å²) >= 11 is 1.72. The molecule has 96 valence electrons. The van der Waals surface area contributed by atoms with E-state index >= 15 is 0 Å². The Hall–Kier alpha value is -0.450. The molecule has 17 heavy (non-hydrogen) atoms. The van der Waals surface area contributed by atoms with Gasteiger partial charge in [0, 0.05) is 24.2 Å². The van der Waals surface area contributed by atoms with Crippen LogP contribution in [0, 0.1) is 11.3 Å². The number of hydrogen-bond acceptors (Lipinski definition) is 4. The average Bonchev–Trinajstić information content (AvgIpc) is 2.83. The van der Waals surface area contributed by atoms with Crippen LogP contribution in [0.3, 0.4) is 0 Å². The first-order chi connectivity index (χ1) is 8.18. The molecule has 1 aromatic rings. The standard InChI is InChI=1S/C13H23N3S/c1-13(2,11-4-3-5-14-6-11)9-15-7-12-8-16-10-17-12/h8,10-11,14-15H,3-7,9H2,1-2H3. The first-order valence-corrected chi connectivity index (χ1v) is 7.35. The third-order valence-corrected chi connectivity index (χ3v) is 4.54. The van der Waals surface area contributed by atoms with Crippen molar-refractivity contribution in [2.45, 2.75) is 33.2 Å². The van der Waals surface area contributed by atoms with E-state index in [-0.39, 0.29) is 0 Å². The molecule has 2 heterocycles. The Balaban J connectivity index is 1.76. The third kappa shape index (κ3) is 3.76. The quantitative estimate of drug-likeness (QED) is 0.845. The van der Waals surface area contributed by atoms with E-state index in [1.54, 1.807) is 11.3 Å². The van der Waals surface area contributed by atoms with E-state index in [1.165, 1.54) is 30.8 Å². The van der Waals surface area contributed by atoms with Crippen LogP contribution >= 0.6 is 11.3 Å². The molecule has 1 aliphatic heterocycles. The summed E-state index contributed by atoms with van der Waals surface area (Å²) < 4.78 is 0. The molecule has 1 fully saturated rings. The van der Waals surface area contributed by atoms with E-state index in [2.05, 4.69) is 29.5 Å². The number of aromatic nitrogens is 1. The molecule has 4 heteroatoms. The summed E-state index contributed by atoms with van der Waals surface area (Å²) in [5.74, 6) is 0.796. The molecule has 1 aliphatic rings. The first kappa shape index (κ1) is 13.0. The van der Waals surface area contributed by atoms with Crippen molar-refractivity contribution in [3.8, 4) is 0 Å². The van der Waals surface area contributed by atoms with Crippen LogP contribution in [0.1, 0.15) is 31.6 Å². The molecular formula is C13H23N3S. The van der Waals surface area contributed by atoms with Crippen LogP contribution in [0.2, 0.25) is 0 Å². The zero-order valence-corrected chi connectivity index (χ0v) is 11.6. The van der Waals surface area contributed by atoms with Crippen LogP contribution in [0.15, 0.2) is 11.7 Å². The van der Waals surface area contributed by atoms with Gasteiger partial charge in [-0.15, -0.1) is 11.3 Å². The van der Waals surface area contributed by atoms with E-state index in [4.69, 9.17) is 0 Å². The van der Waals surface area contributed by atoms with Crippen molar-refractivity contribution in [3.05, 3.63) is 16.6 Å². The molecule has 3 nitrogen and oxygen atoms in total. The molecule has 1 unspecified atom stereocenters. The number of piperidine rings is 1. The second-order valence-electron chi connectivity index (χ2n) is 5.60. The number of hydrogen-bond donors (Lipinski definition) is 2. The molecule has 0 saturated carbocycles. The van der Waals surface area contributed by atoms with Gasteiger partial charge in [0.25, 0.3) is 0 Å². The van der Waals surface area contributed by atoms with Gasteiger partial charge >= 0.3 is 0 Å². The second kappa shape index (κ2) is 5.94. The minimum absolute atomic E-state index is 0.373. The van der Waals surface area contributed by atoms with Crippen LogP contribution in [0.5, 0.6) is 0 Å². The smallest absolute Gasteiger partial charge is 0.0794 e. The lowest BCUT2D eigenvalue weighted by Gasteiger charge is -2.37. The average molecular weight is 253 g/mol. The zero-order valence-electron chi connectivity index (χ0n) is 10.8. The fourth-order valence-electron chi connectivity index (χ4n) is 2.50. The summed E-state index contributed by atoms with van der Waals surface area (Å²) in [6.45, 7) is 9.16. The lowest BCUT2D eigenvalue weighted by molar-refractivity contribution is 0.166. The van der Waals surface area contributed by atoms with Crippen molar-refractivity contribution < 1.29 is 0 Å². The molecule has 0 radical (unpaired) electrons. The molecule has 0 aromatic carbocycles. The molecule has 0 aliphatic carbocycles. The highest BCUT2D eigenvalue weighted by molar-refractivity contribution is 7.09. The van der Waals surface area contributed by atoms with E-state index in [9.17, 15) is 0 Å². The summed E-state index contributed by atoms with van der Waals surface area (Å²) in [6.07, 6.45) is 4.64. The maximum Gasteiger partial charge on any atom is 0.0794 e. The van der Waals surface area contributed by atoms with Gasteiger partial charge in [0.2, 0.25) is 0 Å². The Morgan fingerprint density at radius 2 is 2.47 bits per heavy atom. The molecule has 2 N–H and O–H groups in total. The first-order valence-electron chi connectivity index (χ1n) is 6.47. The molecule has 1 aromatic heterocycles. The second-order valence-corrected chi connectivity index (χ2v) is 6.57. The fourth-order valence-corrected chi connectivity index (χ4v) is 3.06. The maximum absolute atomic E-state index is 4.10. The Morgan fingerprint density at radius 1 is 1.59 bits per heavy atom. The largest absolute Gasteiger partial charge is 0.316 e. The summed E-state index contributed by atoms with van der Waals surface area (Å²) in [6, 6.07) is 0. The number of rotatable bonds is 5. The molecule has 2 rings (SSSR count). The molecule has 1 saturated heterocycles. The zero-order chi connectivity index (χ0) is 12.1. The van der Waals surface area contributed by atoms with Gasteiger partial charge in [0.05, 0.1) is 5.51 Å². The summed E-state index contributed by atoms with van der Waals surface area (Å²) in [4.78, 5) is 5.42. The van der Waals surface area contributed by atoms with Gasteiger partial charge in [-0.25, -0.2) is 0 Å². The van der Waals surface area contributed by atoms with Crippen molar-refractivity contribution in [3.63, 3.8) is 0 Å². The van der Waals surface area contributed by atoms with E-state index in [0.717, 1.165) is 19.0 Å². The van der Waals surface area contributed by atoms with Crippen LogP contribution in [-0.4, -0.2) is 24.6 Å². The van der Waals surface area contributed by atoms with Gasteiger partial charge in [0.15, 0.2) is 0 Å². The SMILES string of the molecule is CC(C)(CNCc1cncs1)C1CCCNC1. The van der Waals surface area contributed by atoms with Crippen molar-refractivity contribution in [2.75, 3.05) is 19.6 Å². The highest BCUT2D eigenvalue weighted by Gasteiger charge is 2.29. The minimum atomic E-state index is 0.373. The van der Waals surface area contributed by atoms with Crippen molar-refractivity contribution in [2.24, 2.45) is 11.3 Å². The Bertz CT molecular complexity index is 315. The molecule has 0 amide bonds. The van der Waals surface area contributed by atoms with E-state index < -0.39 is 0 Å². The molecule has 1 atom stereocenters. The van der Waals surface area contributed by atoms with Gasteiger partial charge in [-0.1, -0.05) is 13.8 Å². The highest BCUT2D eigenvalue weighted by Crippen LogP contribution is 2.31. The monoisotopic (exact) mass is 253 g/mol. The van der Waals surface area contributed by atoms with Gasteiger partial charge in [0.1, 0.15) is 0 Å². The Kier molecular flexibility index (Phi) is 4.54. The lowest BCUT2D eigenvalue weighted by atomic mass is 9.75. The summed E-state index contributed by atoms with van der Waals surface area (Å²) in [5, 5.41) is 7.08. The summed E-state index contributed by atoms with van der Waals surface area (Å²) in [5.41, 5.74) is 2.27. The predicted octanol–water partition coefficient (Wildman–Crippen LogP) is 2.26. The van der Waals surface area contributed by atoms with Gasteiger partial charge < -0.3 is 10.6 Å². The maximum atomic E-state index is 4.10. The van der Waals surface area contributed by atoms with Crippen molar-refractivity contribution in [1.29, 1.82) is 0 Å². The molecular weight excluding hydrogens is 230 g/mol. The van der Waals surface area contributed by atoms with Crippen LogP contribution in [0.25, 0.3) is 0 Å². The third-order valence-electron chi connectivity index (χ3n) is 3.77. The number of thiazole rings is 1. The number of nitrogens with one attached hydrogen (secondary N) is 2. The lowest BCUT2D eigenvalue weighted by Crippen LogP contribution is -2.43. The summed E-state index contributed by atoms with van der Waals surface area (Å²) in [7, 11) is 0. The van der Waals surface area contributed by atoms with Gasteiger partial charge in [-0.2, -0.15) is 0 Å². The normalized spacial score (nSPS) is 21.6. The Morgan fingerprint density at radius 3 is 3.12 bits per heavy atom. The fraction of sp³-hybridized carbons (Fsp3) is 0.769. The molecule has 0 bridgehead atoms. The van der Waals surface area contributed by atoms with E-state index in [1.807, 2.05) is 11.7 Å².